The van der Waals surface area contributed by atoms with Gasteiger partial charge in [0.1, 0.15) is 5.75 Å². The molecule has 2 atom stereocenters. The van der Waals surface area contributed by atoms with E-state index in [0.717, 1.165) is 18.6 Å². The van der Waals surface area contributed by atoms with Crippen molar-refractivity contribution in [3.8, 4) is 5.75 Å². The zero-order chi connectivity index (χ0) is 11.5. The fourth-order valence-corrected chi connectivity index (χ4v) is 2.42. The van der Waals surface area contributed by atoms with Gasteiger partial charge in [0.2, 0.25) is 0 Å². The minimum atomic E-state index is 0.307. The summed E-state index contributed by atoms with van der Waals surface area (Å²) in [5.41, 5.74) is 2.74. The number of fused-ring (bicyclic) bond motifs is 1. The highest BCUT2D eigenvalue weighted by molar-refractivity contribution is 5.41. The van der Waals surface area contributed by atoms with Gasteiger partial charge in [0.05, 0.1) is 6.10 Å². The number of hydrogen-bond donors (Lipinski definition) is 1. The second-order valence-corrected chi connectivity index (χ2v) is 4.63. The Balaban J connectivity index is 2.32. The van der Waals surface area contributed by atoms with Crippen LogP contribution in [0.3, 0.4) is 0 Å². The second kappa shape index (κ2) is 4.88. The van der Waals surface area contributed by atoms with Crippen LogP contribution in [-0.2, 0) is 6.42 Å². The van der Waals surface area contributed by atoms with Crippen LogP contribution in [0.25, 0.3) is 0 Å². The number of hydrogen-bond acceptors (Lipinski definition) is 2. The molecule has 2 rings (SSSR count). The molecule has 1 aromatic carbocycles. The highest BCUT2D eigenvalue weighted by atomic mass is 16.5. The molecule has 1 N–H and O–H groups in total. The Kier molecular flexibility index (Phi) is 3.49. The van der Waals surface area contributed by atoms with E-state index in [-0.39, 0.29) is 0 Å². The van der Waals surface area contributed by atoms with Crippen molar-refractivity contribution in [2.24, 2.45) is 0 Å². The minimum Gasteiger partial charge on any atom is -0.490 e. The summed E-state index contributed by atoms with van der Waals surface area (Å²) in [5.74, 6) is 1.05. The van der Waals surface area contributed by atoms with Gasteiger partial charge >= 0.3 is 0 Å². The molecule has 0 aliphatic carbocycles. The average molecular weight is 219 g/mol. The van der Waals surface area contributed by atoms with E-state index in [9.17, 15) is 0 Å². The van der Waals surface area contributed by atoms with Crippen LogP contribution in [0.5, 0.6) is 5.75 Å². The Morgan fingerprint density at radius 3 is 2.94 bits per heavy atom. The van der Waals surface area contributed by atoms with Crippen LogP contribution >= 0.6 is 0 Å². The Morgan fingerprint density at radius 1 is 1.44 bits per heavy atom. The Morgan fingerprint density at radius 2 is 2.25 bits per heavy atom. The first-order valence-corrected chi connectivity index (χ1v) is 6.21. The van der Waals surface area contributed by atoms with Gasteiger partial charge in [-0.25, -0.2) is 0 Å². The highest BCUT2D eigenvalue weighted by Gasteiger charge is 2.24. The zero-order valence-corrected chi connectivity index (χ0v) is 10.4. The molecule has 1 aliphatic rings. The third-order valence-electron chi connectivity index (χ3n) is 3.23. The molecule has 1 heterocycles. The summed E-state index contributed by atoms with van der Waals surface area (Å²) in [5, 5.41) is 3.38. The van der Waals surface area contributed by atoms with Crippen LogP contribution in [0.1, 0.15) is 43.9 Å². The van der Waals surface area contributed by atoms with Crippen molar-refractivity contribution >= 4 is 0 Å². The van der Waals surface area contributed by atoms with Gasteiger partial charge < -0.3 is 10.1 Å². The van der Waals surface area contributed by atoms with Crippen LogP contribution in [0.2, 0.25) is 0 Å². The Bertz CT molecular complexity index is 362. The van der Waals surface area contributed by atoms with Crippen molar-refractivity contribution in [1.29, 1.82) is 0 Å². The van der Waals surface area contributed by atoms with Gasteiger partial charge in [-0.15, -0.1) is 0 Å². The molecule has 0 fully saturated rings. The van der Waals surface area contributed by atoms with E-state index in [1.807, 2.05) is 7.05 Å². The van der Waals surface area contributed by atoms with Crippen molar-refractivity contribution in [1.82, 2.24) is 5.32 Å². The molecular weight excluding hydrogens is 198 g/mol. The van der Waals surface area contributed by atoms with Crippen molar-refractivity contribution in [2.45, 2.75) is 45.3 Å². The van der Waals surface area contributed by atoms with Crippen molar-refractivity contribution in [3.63, 3.8) is 0 Å². The fourth-order valence-electron chi connectivity index (χ4n) is 2.42. The summed E-state index contributed by atoms with van der Waals surface area (Å²) in [6, 6.07) is 7.05. The molecule has 2 heteroatoms. The first-order valence-electron chi connectivity index (χ1n) is 6.21. The van der Waals surface area contributed by atoms with Crippen LogP contribution < -0.4 is 10.1 Å². The van der Waals surface area contributed by atoms with E-state index < -0.39 is 0 Å². The molecule has 2 unspecified atom stereocenters. The standard InChI is InChI=1S/C14H21NO/c1-4-5-11-6-7-14-12(9-11)13(15-3)8-10(2)16-14/h6-7,9-10,13,15H,4-5,8H2,1-3H3. The number of ether oxygens (including phenoxy) is 1. The third kappa shape index (κ3) is 2.22. The normalized spacial score (nSPS) is 23.7. The number of nitrogens with one attached hydrogen (secondary N) is 1. The van der Waals surface area contributed by atoms with Gasteiger partial charge in [0, 0.05) is 18.0 Å². The third-order valence-corrected chi connectivity index (χ3v) is 3.23. The molecule has 0 spiro atoms. The SMILES string of the molecule is CCCc1ccc2c(c1)C(NC)CC(C)O2. The maximum atomic E-state index is 5.86. The lowest BCUT2D eigenvalue weighted by atomic mass is 9.94. The molecule has 0 saturated carbocycles. The van der Waals surface area contributed by atoms with Gasteiger partial charge in [-0.2, -0.15) is 0 Å². The Labute approximate surface area is 98.0 Å². The quantitative estimate of drug-likeness (QED) is 0.843. The number of benzene rings is 1. The van der Waals surface area contributed by atoms with Crippen molar-refractivity contribution < 1.29 is 4.74 Å². The fraction of sp³-hybridized carbons (Fsp3) is 0.571. The van der Waals surface area contributed by atoms with Crippen LogP contribution in [0, 0.1) is 0 Å². The topological polar surface area (TPSA) is 21.3 Å². The first-order chi connectivity index (χ1) is 7.74. The summed E-state index contributed by atoms with van der Waals surface area (Å²) in [4.78, 5) is 0. The van der Waals surface area contributed by atoms with Gasteiger partial charge in [-0.1, -0.05) is 25.5 Å². The lowest BCUT2D eigenvalue weighted by Gasteiger charge is -2.30. The lowest BCUT2D eigenvalue weighted by Crippen LogP contribution is -2.29. The van der Waals surface area contributed by atoms with E-state index >= 15 is 0 Å². The maximum Gasteiger partial charge on any atom is 0.124 e. The molecule has 88 valence electrons. The smallest absolute Gasteiger partial charge is 0.124 e. The van der Waals surface area contributed by atoms with Crippen LogP contribution in [0.15, 0.2) is 18.2 Å². The molecule has 0 bridgehead atoms. The monoisotopic (exact) mass is 219 g/mol. The molecular formula is C14H21NO. The van der Waals surface area contributed by atoms with E-state index in [4.69, 9.17) is 4.74 Å². The molecule has 1 aromatic rings. The minimum absolute atomic E-state index is 0.307. The average Bonchev–Trinajstić information content (AvgIpc) is 2.29. The van der Waals surface area contributed by atoms with Gasteiger partial charge in [-0.05, 0) is 32.0 Å². The molecule has 2 nitrogen and oxygen atoms in total. The molecule has 16 heavy (non-hydrogen) atoms. The van der Waals surface area contributed by atoms with E-state index in [0.29, 0.717) is 12.1 Å². The highest BCUT2D eigenvalue weighted by Crippen LogP contribution is 2.35. The van der Waals surface area contributed by atoms with E-state index in [1.165, 1.54) is 17.5 Å². The second-order valence-electron chi connectivity index (χ2n) is 4.63. The van der Waals surface area contributed by atoms with Crippen molar-refractivity contribution in [3.05, 3.63) is 29.3 Å². The number of aryl methyl sites for hydroxylation is 1. The lowest BCUT2D eigenvalue weighted by molar-refractivity contribution is 0.169. The van der Waals surface area contributed by atoms with E-state index in [2.05, 4.69) is 37.4 Å². The van der Waals surface area contributed by atoms with Gasteiger partial charge in [0.25, 0.3) is 0 Å². The summed E-state index contributed by atoms with van der Waals surface area (Å²) < 4.78 is 5.86. The molecule has 0 saturated heterocycles. The van der Waals surface area contributed by atoms with Crippen molar-refractivity contribution in [2.75, 3.05) is 7.05 Å². The predicted molar refractivity (Wildman–Crippen MR) is 66.9 cm³/mol. The summed E-state index contributed by atoms with van der Waals surface area (Å²) in [6.07, 6.45) is 3.71. The molecule has 1 aliphatic heterocycles. The zero-order valence-electron chi connectivity index (χ0n) is 10.4. The Hall–Kier alpha value is -1.02. The molecule has 0 aromatic heterocycles. The van der Waals surface area contributed by atoms with Crippen LogP contribution in [-0.4, -0.2) is 13.2 Å². The summed E-state index contributed by atoms with van der Waals surface area (Å²) in [7, 11) is 2.03. The summed E-state index contributed by atoms with van der Waals surface area (Å²) >= 11 is 0. The summed E-state index contributed by atoms with van der Waals surface area (Å²) in [6.45, 7) is 4.35. The molecule has 0 radical (unpaired) electrons. The van der Waals surface area contributed by atoms with Gasteiger partial charge in [0.15, 0.2) is 0 Å². The van der Waals surface area contributed by atoms with Gasteiger partial charge in [-0.3, -0.25) is 0 Å². The predicted octanol–water partition coefficient (Wildman–Crippen LogP) is 3.07. The van der Waals surface area contributed by atoms with E-state index in [1.54, 1.807) is 0 Å². The maximum absolute atomic E-state index is 5.86. The first kappa shape index (κ1) is 11.5. The van der Waals surface area contributed by atoms with Crippen LogP contribution in [0.4, 0.5) is 0 Å². The number of rotatable bonds is 3. The molecule has 0 amide bonds. The largest absolute Gasteiger partial charge is 0.490 e.